The minimum atomic E-state index is 0.106. The number of para-hydroxylation sites is 1. The summed E-state index contributed by atoms with van der Waals surface area (Å²) in [7, 11) is 4.15. The second kappa shape index (κ2) is 9.49. The van der Waals surface area contributed by atoms with Gasteiger partial charge in [-0.1, -0.05) is 31.2 Å². The van der Waals surface area contributed by atoms with Crippen LogP contribution in [0.5, 0.6) is 0 Å². The summed E-state index contributed by atoms with van der Waals surface area (Å²) in [5, 5.41) is 4.18. The Kier molecular flexibility index (Phi) is 7.34. The van der Waals surface area contributed by atoms with Crippen LogP contribution in [0.15, 0.2) is 48.7 Å². The van der Waals surface area contributed by atoms with Crippen LogP contribution in [0.1, 0.15) is 31.1 Å². The summed E-state index contributed by atoms with van der Waals surface area (Å²) in [5.41, 5.74) is 3.37. The summed E-state index contributed by atoms with van der Waals surface area (Å²) in [6.45, 7) is 6.07. The van der Waals surface area contributed by atoms with E-state index in [-0.39, 0.29) is 6.04 Å². The monoisotopic (exact) mass is 356 g/mol. The van der Waals surface area contributed by atoms with Gasteiger partial charge in [0.1, 0.15) is 0 Å². The number of pyridine rings is 1. The molecular weight excluding hydrogens is 328 g/mol. The van der Waals surface area contributed by atoms with Gasteiger partial charge in [0.05, 0.1) is 11.7 Å². The minimum absolute atomic E-state index is 0.106. The van der Waals surface area contributed by atoms with Crippen LogP contribution in [0.4, 0.5) is 5.69 Å². The Morgan fingerprint density at radius 1 is 1.12 bits per heavy atom. The third-order valence-corrected chi connectivity index (χ3v) is 4.61. The molecule has 0 spiro atoms. The van der Waals surface area contributed by atoms with Gasteiger partial charge in [0.25, 0.3) is 0 Å². The Morgan fingerprint density at radius 2 is 1.84 bits per heavy atom. The molecule has 0 bridgehead atoms. The average Bonchev–Trinajstić information content (AvgIpc) is 2.62. The molecule has 0 aliphatic carbocycles. The zero-order valence-corrected chi connectivity index (χ0v) is 16.4. The van der Waals surface area contributed by atoms with Gasteiger partial charge < -0.3 is 15.1 Å². The molecule has 5 heteroatoms. The van der Waals surface area contributed by atoms with Crippen molar-refractivity contribution >= 4 is 23.0 Å². The molecule has 25 heavy (non-hydrogen) atoms. The fourth-order valence-corrected chi connectivity index (χ4v) is 3.06. The van der Waals surface area contributed by atoms with Crippen LogP contribution in [0.25, 0.3) is 0 Å². The molecule has 1 heterocycles. The van der Waals surface area contributed by atoms with E-state index < -0.39 is 0 Å². The van der Waals surface area contributed by atoms with Gasteiger partial charge in [-0.15, -0.1) is 0 Å². The van der Waals surface area contributed by atoms with E-state index in [1.54, 1.807) is 0 Å². The van der Waals surface area contributed by atoms with Crippen molar-refractivity contribution in [1.82, 2.24) is 14.8 Å². The van der Waals surface area contributed by atoms with Crippen molar-refractivity contribution in [1.29, 1.82) is 0 Å². The van der Waals surface area contributed by atoms with Gasteiger partial charge in [0.15, 0.2) is 5.11 Å². The smallest absolute Gasteiger partial charge is 0.174 e. The molecule has 1 N–H and O–H groups in total. The Hall–Kier alpha value is -1.98. The number of anilines is 1. The molecule has 134 valence electrons. The highest BCUT2D eigenvalue weighted by molar-refractivity contribution is 7.80. The van der Waals surface area contributed by atoms with Crippen molar-refractivity contribution in [2.75, 3.05) is 32.5 Å². The van der Waals surface area contributed by atoms with Crippen LogP contribution in [0.3, 0.4) is 0 Å². The maximum absolute atomic E-state index is 5.76. The van der Waals surface area contributed by atoms with Crippen LogP contribution in [-0.4, -0.2) is 47.1 Å². The van der Waals surface area contributed by atoms with Crippen molar-refractivity contribution < 1.29 is 0 Å². The summed E-state index contributed by atoms with van der Waals surface area (Å²) in [4.78, 5) is 8.89. The van der Waals surface area contributed by atoms with E-state index in [0.29, 0.717) is 0 Å². The highest BCUT2D eigenvalue weighted by Crippen LogP contribution is 2.21. The molecule has 2 aromatic rings. The van der Waals surface area contributed by atoms with Gasteiger partial charge in [-0.25, -0.2) is 0 Å². The Morgan fingerprint density at radius 3 is 2.48 bits per heavy atom. The average molecular weight is 357 g/mol. The van der Waals surface area contributed by atoms with E-state index in [2.05, 4.69) is 72.3 Å². The van der Waals surface area contributed by atoms with Gasteiger partial charge >= 0.3 is 0 Å². The molecule has 0 aliphatic rings. The van der Waals surface area contributed by atoms with Crippen LogP contribution in [0.2, 0.25) is 0 Å². The van der Waals surface area contributed by atoms with E-state index >= 15 is 0 Å². The number of thiocarbonyl (C=S) groups is 1. The number of aryl methyl sites for hydroxylation is 1. The number of nitrogens with one attached hydrogen (secondary N) is 1. The lowest BCUT2D eigenvalue weighted by Gasteiger charge is -2.32. The molecule has 1 aromatic heterocycles. The summed E-state index contributed by atoms with van der Waals surface area (Å²) >= 11 is 5.76. The van der Waals surface area contributed by atoms with Crippen molar-refractivity contribution in [2.45, 2.75) is 26.3 Å². The van der Waals surface area contributed by atoms with Gasteiger partial charge in [-0.05, 0) is 63.4 Å². The van der Waals surface area contributed by atoms with Crippen LogP contribution in [0, 0.1) is 0 Å². The highest BCUT2D eigenvalue weighted by Gasteiger charge is 2.20. The Bertz CT molecular complexity index is 672. The summed E-state index contributed by atoms with van der Waals surface area (Å²) < 4.78 is 0. The van der Waals surface area contributed by atoms with Gasteiger partial charge in [0.2, 0.25) is 0 Å². The van der Waals surface area contributed by atoms with E-state index in [9.17, 15) is 0 Å². The quantitative estimate of drug-likeness (QED) is 0.759. The lowest BCUT2D eigenvalue weighted by atomic mass is 10.1. The fourth-order valence-electron chi connectivity index (χ4n) is 2.70. The van der Waals surface area contributed by atoms with Crippen molar-refractivity contribution in [3.63, 3.8) is 0 Å². The molecule has 0 radical (unpaired) electrons. The predicted molar refractivity (Wildman–Crippen MR) is 110 cm³/mol. The SMILES string of the molecule is CCc1ccccc1NC(=S)N(CCN(C)C)[C@@H](C)c1ccccn1. The second-order valence-electron chi connectivity index (χ2n) is 6.37. The molecule has 1 atom stereocenters. The fraction of sp³-hybridized carbons (Fsp3) is 0.400. The number of hydrogen-bond donors (Lipinski definition) is 1. The lowest BCUT2D eigenvalue weighted by Crippen LogP contribution is -2.41. The van der Waals surface area contributed by atoms with Crippen LogP contribution < -0.4 is 5.32 Å². The minimum Gasteiger partial charge on any atom is -0.339 e. The number of hydrogen-bond acceptors (Lipinski definition) is 3. The summed E-state index contributed by atoms with van der Waals surface area (Å²) in [6, 6.07) is 14.4. The van der Waals surface area contributed by atoms with Gasteiger partial charge in [-0.2, -0.15) is 0 Å². The molecule has 4 nitrogen and oxygen atoms in total. The molecule has 0 saturated heterocycles. The first-order valence-electron chi connectivity index (χ1n) is 8.74. The number of likely N-dealkylation sites (N-methyl/N-ethyl adjacent to an activating group) is 1. The molecular formula is C20H28N4S. The number of benzene rings is 1. The van der Waals surface area contributed by atoms with Crippen LogP contribution >= 0.6 is 12.2 Å². The van der Waals surface area contributed by atoms with Crippen LogP contribution in [-0.2, 0) is 6.42 Å². The largest absolute Gasteiger partial charge is 0.339 e. The van der Waals surface area contributed by atoms with Gasteiger partial charge in [-0.3, -0.25) is 4.98 Å². The van der Waals surface area contributed by atoms with Crippen molar-refractivity contribution in [3.8, 4) is 0 Å². The Labute approximate surface area is 156 Å². The van der Waals surface area contributed by atoms with E-state index in [1.807, 2.05) is 24.4 Å². The zero-order chi connectivity index (χ0) is 18.2. The number of aromatic nitrogens is 1. The maximum Gasteiger partial charge on any atom is 0.174 e. The second-order valence-corrected chi connectivity index (χ2v) is 6.75. The van der Waals surface area contributed by atoms with Crippen molar-refractivity contribution in [3.05, 3.63) is 59.9 Å². The predicted octanol–water partition coefficient (Wildman–Crippen LogP) is 3.97. The third-order valence-electron chi connectivity index (χ3n) is 4.27. The van der Waals surface area contributed by atoms with Crippen molar-refractivity contribution in [2.24, 2.45) is 0 Å². The Balaban J connectivity index is 2.20. The molecule has 0 aliphatic heterocycles. The normalized spacial score (nSPS) is 12.0. The highest BCUT2D eigenvalue weighted by atomic mass is 32.1. The maximum atomic E-state index is 5.76. The molecule has 0 amide bonds. The lowest BCUT2D eigenvalue weighted by molar-refractivity contribution is 0.286. The van der Waals surface area contributed by atoms with E-state index in [4.69, 9.17) is 12.2 Å². The first kappa shape index (κ1) is 19.3. The summed E-state index contributed by atoms with van der Waals surface area (Å²) in [5.74, 6) is 0. The van der Waals surface area contributed by atoms with Gasteiger partial charge in [0, 0.05) is 25.0 Å². The number of rotatable bonds is 7. The molecule has 2 rings (SSSR count). The van der Waals surface area contributed by atoms with E-state index in [0.717, 1.165) is 36.0 Å². The van der Waals surface area contributed by atoms with E-state index in [1.165, 1.54) is 5.56 Å². The summed E-state index contributed by atoms with van der Waals surface area (Å²) in [6.07, 6.45) is 2.80. The molecule has 0 saturated carbocycles. The molecule has 0 fully saturated rings. The topological polar surface area (TPSA) is 31.4 Å². The standard InChI is InChI=1S/C20H28N4S/c1-5-17-10-6-7-12-19(17)22-20(25)24(15-14-23(3)4)16(2)18-11-8-9-13-21-18/h6-13,16H,5,14-15H2,1-4H3,(H,22,25)/t16-/m0/s1. The molecule has 0 unspecified atom stereocenters. The number of nitrogens with zero attached hydrogens (tertiary/aromatic N) is 3. The zero-order valence-electron chi connectivity index (χ0n) is 15.6. The molecule has 1 aromatic carbocycles. The first-order chi connectivity index (χ1) is 12.0. The third kappa shape index (κ3) is 5.51. The first-order valence-corrected chi connectivity index (χ1v) is 9.15.